The smallest absolute Gasteiger partial charge is 0.342 e. The molecule has 0 saturated heterocycles. The Hall–Kier alpha value is -2.22. The second-order valence-corrected chi connectivity index (χ2v) is 4.04. The molecule has 0 fully saturated rings. The molecule has 0 aliphatic heterocycles. The number of hydrogen-bond acceptors (Lipinski definition) is 7. The van der Waals surface area contributed by atoms with Gasteiger partial charge in [-0.3, -0.25) is 4.68 Å². The lowest BCUT2D eigenvalue weighted by Gasteiger charge is -2.13. The average molecular weight is 249 g/mol. The highest BCUT2D eigenvalue weighted by Gasteiger charge is 2.17. The highest BCUT2D eigenvalue weighted by molar-refractivity contribution is 5.50. The highest BCUT2D eigenvalue weighted by Crippen LogP contribution is 2.31. The number of rotatable bonds is 4. The lowest BCUT2D eigenvalue weighted by molar-refractivity contribution is 0.414. The van der Waals surface area contributed by atoms with Crippen LogP contribution in [0.3, 0.4) is 0 Å². The minimum Gasteiger partial charge on any atom is -0.404 e. The fourth-order valence-electron chi connectivity index (χ4n) is 1.55. The zero-order valence-corrected chi connectivity index (χ0v) is 10.5. The van der Waals surface area contributed by atoms with Crippen LogP contribution in [0.2, 0.25) is 0 Å². The van der Waals surface area contributed by atoms with E-state index in [2.05, 4.69) is 25.5 Å². The summed E-state index contributed by atoms with van der Waals surface area (Å²) in [6, 6.07) is 0.237. The van der Waals surface area contributed by atoms with Crippen molar-refractivity contribution in [2.24, 2.45) is 12.9 Å². The molecule has 0 amide bonds. The Labute approximate surface area is 104 Å². The number of anilines is 1. The number of hydrazine groups is 1. The van der Waals surface area contributed by atoms with Gasteiger partial charge in [-0.25, -0.2) is 15.8 Å². The Kier molecular flexibility index (Phi) is 3.38. The van der Waals surface area contributed by atoms with E-state index in [1.54, 1.807) is 18.1 Å². The second kappa shape index (κ2) is 4.96. The summed E-state index contributed by atoms with van der Waals surface area (Å²) in [5.74, 6) is 6.51. The molecule has 2 aromatic rings. The van der Waals surface area contributed by atoms with E-state index in [0.29, 0.717) is 11.7 Å². The zero-order chi connectivity index (χ0) is 13.1. The van der Waals surface area contributed by atoms with Crippen LogP contribution in [0.15, 0.2) is 12.7 Å². The van der Waals surface area contributed by atoms with Crippen molar-refractivity contribution in [3.8, 4) is 11.9 Å². The van der Waals surface area contributed by atoms with E-state index in [0.717, 1.165) is 5.56 Å². The third-order valence-corrected chi connectivity index (χ3v) is 2.33. The Morgan fingerprint density at radius 2 is 2.11 bits per heavy atom. The van der Waals surface area contributed by atoms with Gasteiger partial charge < -0.3 is 10.2 Å². The standard InChI is InChI=1S/C10H15N7O/c1-6(2)7-8(15-11)12-4-13-9(7)18-10-14-5-17(3)16-10/h4-6H,11H2,1-3H3,(H,12,13,15). The van der Waals surface area contributed by atoms with Crippen LogP contribution in [0.5, 0.6) is 11.9 Å². The van der Waals surface area contributed by atoms with Crippen molar-refractivity contribution in [3.05, 3.63) is 18.2 Å². The SMILES string of the molecule is CC(C)c1c(NN)ncnc1Oc1ncn(C)n1. The molecule has 8 nitrogen and oxygen atoms in total. The Morgan fingerprint density at radius 1 is 1.33 bits per heavy atom. The maximum Gasteiger partial charge on any atom is 0.342 e. The summed E-state index contributed by atoms with van der Waals surface area (Å²) in [5, 5.41) is 4.03. The van der Waals surface area contributed by atoms with E-state index < -0.39 is 0 Å². The molecule has 0 bridgehead atoms. The summed E-state index contributed by atoms with van der Waals surface area (Å²) >= 11 is 0. The first-order valence-electron chi connectivity index (χ1n) is 5.46. The first-order valence-corrected chi connectivity index (χ1v) is 5.46. The minimum absolute atomic E-state index is 0.149. The van der Waals surface area contributed by atoms with Gasteiger partial charge in [0.2, 0.25) is 5.88 Å². The summed E-state index contributed by atoms with van der Waals surface area (Å²) in [6.45, 7) is 4.00. The molecule has 0 atom stereocenters. The Balaban J connectivity index is 2.37. The number of aryl methyl sites for hydroxylation is 1. The number of nitrogens with zero attached hydrogens (tertiary/aromatic N) is 5. The molecule has 3 N–H and O–H groups in total. The topological polar surface area (TPSA) is 104 Å². The van der Waals surface area contributed by atoms with Crippen LogP contribution in [0, 0.1) is 0 Å². The third-order valence-electron chi connectivity index (χ3n) is 2.33. The number of ether oxygens (including phenoxy) is 1. The van der Waals surface area contributed by atoms with E-state index in [1.165, 1.54) is 6.33 Å². The largest absolute Gasteiger partial charge is 0.404 e. The summed E-state index contributed by atoms with van der Waals surface area (Å²) in [4.78, 5) is 12.1. The summed E-state index contributed by atoms with van der Waals surface area (Å²) in [7, 11) is 1.76. The molecule has 8 heteroatoms. The lowest BCUT2D eigenvalue weighted by Crippen LogP contribution is -2.13. The van der Waals surface area contributed by atoms with E-state index in [1.807, 2.05) is 13.8 Å². The predicted octanol–water partition coefficient (Wildman–Crippen LogP) is 0.806. The molecular weight excluding hydrogens is 234 g/mol. The Morgan fingerprint density at radius 3 is 2.67 bits per heavy atom. The fraction of sp³-hybridized carbons (Fsp3) is 0.400. The molecular formula is C10H15N7O. The summed E-state index contributed by atoms with van der Waals surface area (Å²) in [6.07, 6.45) is 2.92. The van der Waals surface area contributed by atoms with E-state index in [4.69, 9.17) is 10.6 Å². The predicted molar refractivity (Wildman–Crippen MR) is 65.0 cm³/mol. The van der Waals surface area contributed by atoms with Crippen LogP contribution in [0.25, 0.3) is 0 Å². The summed E-state index contributed by atoms with van der Waals surface area (Å²) < 4.78 is 7.09. The van der Waals surface area contributed by atoms with Gasteiger partial charge in [-0.05, 0) is 5.92 Å². The van der Waals surface area contributed by atoms with Gasteiger partial charge in [0.05, 0.1) is 5.56 Å². The molecule has 2 heterocycles. The molecule has 96 valence electrons. The fourth-order valence-corrected chi connectivity index (χ4v) is 1.55. The maximum absolute atomic E-state index is 5.54. The van der Waals surface area contributed by atoms with Crippen molar-refractivity contribution in [3.63, 3.8) is 0 Å². The lowest BCUT2D eigenvalue weighted by atomic mass is 10.1. The van der Waals surface area contributed by atoms with Crippen molar-refractivity contribution in [1.82, 2.24) is 24.7 Å². The van der Waals surface area contributed by atoms with E-state index in [9.17, 15) is 0 Å². The van der Waals surface area contributed by atoms with Crippen LogP contribution in [0.4, 0.5) is 5.82 Å². The number of nitrogens with two attached hydrogens (primary N) is 1. The van der Waals surface area contributed by atoms with Crippen molar-refractivity contribution in [1.29, 1.82) is 0 Å². The normalized spacial score (nSPS) is 10.7. The van der Waals surface area contributed by atoms with Crippen LogP contribution in [-0.2, 0) is 7.05 Å². The molecule has 0 saturated carbocycles. The van der Waals surface area contributed by atoms with Crippen molar-refractivity contribution >= 4 is 5.82 Å². The van der Waals surface area contributed by atoms with Gasteiger partial charge in [-0.2, -0.15) is 4.98 Å². The van der Waals surface area contributed by atoms with Crippen LogP contribution in [-0.4, -0.2) is 24.7 Å². The molecule has 0 aromatic carbocycles. The van der Waals surface area contributed by atoms with Crippen molar-refractivity contribution in [2.45, 2.75) is 19.8 Å². The van der Waals surface area contributed by atoms with Crippen LogP contribution < -0.4 is 16.0 Å². The second-order valence-electron chi connectivity index (χ2n) is 4.04. The summed E-state index contributed by atoms with van der Waals surface area (Å²) in [5.41, 5.74) is 3.32. The van der Waals surface area contributed by atoms with Crippen LogP contribution >= 0.6 is 0 Å². The van der Waals surface area contributed by atoms with E-state index in [-0.39, 0.29) is 11.9 Å². The van der Waals surface area contributed by atoms with Gasteiger partial charge in [-0.1, -0.05) is 13.8 Å². The quantitative estimate of drug-likeness (QED) is 0.610. The molecule has 0 unspecified atom stereocenters. The zero-order valence-electron chi connectivity index (χ0n) is 10.5. The number of hydrogen-bond donors (Lipinski definition) is 2. The average Bonchev–Trinajstić information content (AvgIpc) is 2.74. The van der Waals surface area contributed by atoms with Crippen molar-refractivity contribution < 1.29 is 4.74 Å². The van der Waals surface area contributed by atoms with Gasteiger partial charge in [-0.15, -0.1) is 5.10 Å². The first kappa shape index (κ1) is 12.2. The van der Waals surface area contributed by atoms with Gasteiger partial charge in [0.1, 0.15) is 12.7 Å². The number of aromatic nitrogens is 5. The molecule has 2 aromatic heterocycles. The maximum atomic E-state index is 5.54. The van der Waals surface area contributed by atoms with Crippen molar-refractivity contribution in [2.75, 3.05) is 5.43 Å². The Bertz CT molecular complexity index is 537. The minimum atomic E-state index is 0.149. The molecule has 18 heavy (non-hydrogen) atoms. The van der Waals surface area contributed by atoms with Gasteiger partial charge >= 0.3 is 6.01 Å². The van der Waals surface area contributed by atoms with E-state index >= 15 is 0 Å². The van der Waals surface area contributed by atoms with Gasteiger partial charge in [0.15, 0.2) is 5.82 Å². The highest BCUT2D eigenvalue weighted by atomic mass is 16.5. The molecule has 0 aliphatic rings. The number of nitrogens with one attached hydrogen (secondary N) is 1. The molecule has 2 rings (SSSR count). The van der Waals surface area contributed by atoms with Gasteiger partial charge in [0, 0.05) is 7.05 Å². The molecule has 0 radical (unpaired) electrons. The third kappa shape index (κ3) is 2.38. The van der Waals surface area contributed by atoms with Gasteiger partial charge in [0.25, 0.3) is 0 Å². The molecule has 0 aliphatic carbocycles. The molecule has 0 spiro atoms. The number of nitrogen functional groups attached to an aromatic ring is 1. The van der Waals surface area contributed by atoms with Crippen LogP contribution in [0.1, 0.15) is 25.3 Å². The first-order chi connectivity index (χ1) is 8.61. The monoisotopic (exact) mass is 249 g/mol.